The van der Waals surface area contributed by atoms with E-state index in [0.29, 0.717) is 19.8 Å². The molecule has 0 atom stereocenters. The largest absolute Gasteiger partial charge is 0.394 e. The first kappa shape index (κ1) is 12.2. The first-order valence-electron chi connectivity index (χ1n) is 4.22. The third-order valence-electron chi connectivity index (χ3n) is 1.24. The molecule has 6 nitrogen and oxygen atoms in total. The van der Waals surface area contributed by atoms with Crippen LogP contribution in [0.25, 0.3) is 0 Å². The molecule has 0 aliphatic rings. The Morgan fingerprint density at radius 2 is 2.08 bits per heavy atom. The molecule has 6 heteroatoms. The predicted molar refractivity (Wildman–Crippen MR) is 51.5 cm³/mol. The van der Waals surface area contributed by atoms with Crippen LogP contribution in [0.15, 0.2) is 4.99 Å². The second-order valence-electron chi connectivity index (χ2n) is 2.39. The van der Waals surface area contributed by atoms with Gasteiger partial charge in [-0.05, 0) is 0 Å². The average molecular weight is 190 g/mol. The fourth-order valence-electron chi connectivity index (χ4n) is 0.700. The van der Waals surface area contributed by atoms with Crippen molar-refractivity contribution < 1.29 is 9.84 Å². The van der Waals surface area contributed by atoms with Crippen LogP contribution < -0.4 is 16.8 Å². The lowest BCUT2D eigenvalue weighted by Gasteiger charge is -2.03. The smallest absolute Gasteiger partial charge is 0.185 e. The molecule has 0 saturated heterocycles. The Hall–Kier alpha value is -0.850. The van der Waals surface area contributed by atoms with Gasteiger partial charge >= 0.3 is 0 Å². The van der Waals surface area contributed by atoms with Crippen molar-refractivity contribution in [3.05, 3.63) is 0 Å². The molecule has 0 rings (SSSR count). The molecule has 0 saturated carbocycles. The summed E-state index contributed by atoms with van der Waals surface area (Å²) in [5.74, 6) is 0.110. The highest BCUT2D eigenvalue weighted by Crippen LogP contribution is 1.72. The predicted octanol–water partition coefficient (Wildman–Crippen LogP) is -2.14. The molecule has 0 radical (unpaired) electrons. The number of aliphatic hydroxyl groups is 1. The standard InChI is InChI=1S/C7H18N4O2/c8-7(9)11-2-1-10-3-5-13-6-4-12/h10,12H,1-6H2,(H4,8,9,11). The van der Waals surface area contributed by atoms with Gasteiger partial charge in [0.25, 0.3) is 0 Å². The van der Waals surface area contributed by atoms with Gasteiger partial charge in [0, 0.05) is 13.1 Å². The van der Waals surface area contributed by atoms with E-state index in [2.05, 4.69) is 10.3 Å². The van der Waals surface area contributed by atoms with Crippen molar-refractivity contribution in [3.8, 4) is 0 Å². The molecule has 0 aromatic heterocycles. The number of hydrogen-bond donors (Lipinski definition) is 4. The van der Waals surface area contributed by atoms with E-state index in [-0.39, 0.29) is 12.6 Å². The molecular formula is C7H18N4O2. The number of nitrogens with zero attached hydrogens (tertiary/aromatic N) is 1. The number of ether oxygens (including phenoxy) is 1. The molecule has 0 aromatic carbocycles. The lowest BCUT2D eigenvalue weighted by molar-refractivity contribution is 0.0941. The van der Waals surface area contributed by atoms with Gasteiger partial charge in [-0.25, -0.2) is 0 Å². The van der Waals surface area contributed by atoms with Gasteiger partial charge in [0.05, 0.1) is 26.4 Å². The second-order valence-corrected chi connectivity index (χ2v) is 2.39. The molecule has 0 amide bonds. The zero-order chi connectivity index (χ0) is 9.94. The highest BCUT2D eigenvalue weighted by atomic mass is 16.5. The van der Waals surface area contributed by atoms with Gasteiger partial charge in [0.1, 0.15) is 0 Å². The van der Waals surface area contributed by atoms with Crippen LogP contribution in [-0.2, 0) is 4.74 Å². The minimum atomic E-state index is 0.0635. The number of nitrogens with two attached hydrogens (primary N) is 2. The third-order valence-corrected chi connectivity index (χ3v) is 1.24. The first-order valence-corrected chi connectivity index (χ1v) is 4.22. The maximum atomic E-state index is 8.38. The Morgan fingerprint density at radius 3 is 2.69 bits per heavy atom. The minimum Gasteiger partial charge on any atom is -0.394 e. The molecule has 0 aromatic rings. The number of hydrogen-bond acceptors (Lipinski definition) is 4. The number of aliphatic hydroxyl groups excluding tert-OH is 1. The Bertz CT molecular complexity index is 136. The Labute approximate surface area is 78.0 Å². The van der Waals surface area contributed by atoms with Crippen LogP contribution in [-0.4, -0.2) is 50.5 Å². The normalized spacial score (nSPS) is 9.92. The van der Waals surface area contributed by atoms with Gasteiger partial charge in [-0.2, -0.15) is 0 Å². The third kappa shape index (κ3) is 11.1. The van der Waals surface area contributed by atoms with Gasteiger partial charge in [0.2, 0.25) is 0 Å². The van der Waals surface area contributed by atoms with Crippen LogP contribution in [0.2, 0.25) is 0 Å². The van der Waals surface area contributed by atoms with Crippen molar-refractivity contribution >= 4 is 5.96 Å². The Morgan fingerprint density at radius 1 is 1.31 bits per heavy atom. The van der Waals surface area contributed by atoms with E-state index >= 15 is 0 Å². The summed E-state index contributed by atoms with van der Waals surface area (Å²) in [6, 6.07) is 0. The van der Waals surface area contributed by atoms with E-state index in [1.807, 2.05) is 0 Å². The van der Waals surface area contributed by atoms with Crippen molar-refractivity contribution in [1.29, 1.82) is 0 Å². The van der Waals surface area contributed by atoms with Crippen LogP contribution in [0.1, 0.15) is 0 Å². The first-order chi connectivity index (χ1) is 6.27. The summed E-state index contributed by atoms with van der Waals surface area (Å²) in [6.45, 7) is 3.06. The van der Waals surface area contributed by atoms with Crippen molar-refractivity contribution in [3.63, 3.8) is 0 Å². The van der Waals surface area contributed by atoms with Crippen molar-refractivity contribution in [2.45, 2.75) is 0 Å². The highest BCUT2D eigenvalue weighted by molar-refractivity contribution is 5.75. The van der Waals surface area contributed by atoms with Gasteiger partial charge in [0.15, 0.2) is 5.96 Å². The van der Waals surface area contributed by atoms with Gasteiger partial charge in [-0.3, -0.25) is 4.99 Å². The summed E-state index contributed by atoms with van der Waals surface area (Å²) in [4.78, 5) is 3.79. The van der Waals surface area contributed by atoms with E-state index in [0.717, 1.165) is 13.1 Å². The van der Waals surface area contributed by atoms with Crippen LogP contribution in [0, 0.1) is 0 Å². The molecule has 6 N–H and O–H groups in total. The maximum Gasteiger partial charge on any atom is 0.185 e. The van der Waals surface area contributed by atoms with Gasteiger partial charge in [-0.1, -0.05) is 0 Å². The van der Waals surface area contributed by atoms with Crippen molar-refractivity contribution in [2.75, 3.05) is 39.5 Å². The molecule has 13 heavy (non-hydrogen) atoms. The molecule has 78 valence electrons. The molecule has 0 fully saturated rings. The van der Waals surface area contributed by atoms with Crippen molar-refractivity contribution in [1.82, 2.24) is 5.32 Å². The number of rotatable bonds is 8. The summed E-state index contributed by atoms with van der Waals surface area (Å²) < 4.78 is 5.01. The Balaban J connectivity index is 2.96. The van der Waals surface area contributed by atoms with E-state index in [1.165, 1.54) is 0 Å². The molecule has 0 heterocycles. The summed E-state index contributed by atoms with van der Waals surface area (Å²) in [5, 5.41) is 11.5. The molecule has 0 spiro atoms. The van der Waals surface area contributed by atoms with E-state index in [9.17, 15) is 0 Å². The van der Waals surface area contributed by atoms with E-state index in [1.54, 1.807) is 0 Å². The molecular weight excluding hydrogens is 172 g/mol. The summed E-state index contributed by atoms with van der Waals surface area (Å²) in [6.07, 6.45) is 0. The number of aliphatic imine (C=N–C) groups is 1. The van der Waals surface area contributed by atoms with Gasteiger partial charge in [-0.15, -0.1) is 0 Å². The average Bonchev–Trinajstić information content (AvgIpc) is 2.09. The molecule has 0 bridgehead atoms. The number of guanidine groups is 1. The molecule has 0 aliphatic heterocycles. The maximum absolute atomic E-state index is 8.38. The highest BCUT2D eigenvalue weighted by Gasteiger charge is 1.87. The monoisotopic (exact) mass is 190 g/mol. The van der Waals surface area contributed by atoms with Gasteiger partial charge < -0.3 is 26.6 Å². The van der Waals surface area contributed by atoms with Crippen LogP contribution >= 0.6 is 0 Å². The topological polar surface area (TPSA) is 106 Å². The molecule has 0 unspecified atom stereocenters. The quantitative estimate of drug-likeness (QED) is 0.198. The Kier molecular flexibility index (Phi) is 8.64. The van der Waals surface area contributed by atoms with E-state index in [4.69, 9.17) is 21.3 Å². The summed E-state index contributed by atoms with van der Waals surface area (Å²) in [7, 11) is 0. The zero-order valence-electron chi connectivity index (χ0n) is 7.70. The minimum absolute atomic E-state index is 0.0635. The SMILES string of the molecule is NC(N)=NCCNCCOCCO. The van der Waals surface area contributed by atoms with Crippen molar-refractivity contribution in [2.24, 2.45) is 16.5 Å². The zero-order valence-corrected chi connectivity index (χ0v) is 7.70. The summed E-state index contributed by atoms with van der Waals surface area (Å²) in [5.41, 5.74) is 10.2. The molecule has 0 aliphatic carbocycles. The van der Waals surface area contributed by atoms with Crippen LogP contribution in [0.4, 0.5) is 0 Å². The van der Waals surface area contributed by atoms with E-state index < -0.39 is 0 Å². The number of nitrogens with one attached hydrogen (secondary N) is 1. The fraction of sp³-hybridized carbons (Fsp3) is 0.857. The second kappa shape index (κ2) is 9.24. The fourth-order valence-corrected chi connectivity index (χ4v) is 0.700. The lowest BCUT2D eigenvalue weighted by atomic mass is 10.6. The van der Waals surface area contributed by atoms with Crippen LogP contribution in [0.5, 0.6) is 0 Å². The van der Waals surface area contributed by atoms with Crippen LogP contribution in [0.3, 0.4) is 0 Å². The summed E-state index contributed by atoms with van der Waals surface area (Å²) >= 11 is 0. The lowest BCUT2D eigenvalue weighted by Crippen LogP contribution is -2.27.